The van der Waals surface area contributed by atoms with Crippen molar-refractivity contribution in [2.24, 2.45) is 24.8 Å². The second-order valence-electron chi connectivity index (χ2n) is 11.7. The third-order valence-corrected chi connectivity index (χ3v) is 9.50. The smallest absolute Gasteiger partial charge is 0.307 e. The van der Waals surface area contributed by atoms with Gasteiger partial charge in [-0.05, 0) is 48.1 Å². The Morgan fingerprint density at radius 1 is 1.07 bits per heavy atom. The molecule has 45 heavy (non-hydrogen) atoms. The molecule has 3 atom stereocenters. The monoisotopic (exact) mass is 622 g/mol. The number of aromatic nitrogens is 4. The summed E-state index contributed by atoms with van der Waals surface area (Å²) in [6.45, 7) is 4.20. The van der Waals surface area contributed by atoms with Crippen molar-refractivity contribution < 1.29 is 14.6 Å². The van der Waals surface area contributed by atoms with E-state index in [2.05, 4.69) is 20.3 Å². The molecule has 11 heteroatoms. The van der Waals surface area contributed by atoms with Crippen LogP contribution in [0.15, 0.2) is 71.8 Å². The van der Waals surface area contributed by atoms with Crippen molar-refractivity contribution in [3.63, 3.8) is 0 Å². The van der Waals surface area contributed by atoms with Gasteiger partial charge >= 0.3 is 5.97 Å². The molecule has 0 spiro atoms. The number of aliphatic carboxylic acids is 1. The maximum Gasteiger partial charge on any atom is 0.307 e. The van der Waals surface area contributed by atoms with E-state index in [1.54, 1.807) is 32.6 Å². The van der Waals surface area contributed by atoms with Crippen LogP contribution in [-0.4, -0.2) is 55.9 Å². The minimum atomic E-state index is -0.683. The third-order valence-electron chi connectivity index (χ3n) is 9.09. The molecule has 1 saturated carbocycles. The van der Waals surface area contributed by atoms with E-state index in [1.165, 1.54) is 4.68 Å². The number of anilines is 2. The van der Waals surface area contributed by atoms with E-state index in [9.17, 15) is 14.7 Å². The summed E-state index contributed by atoms with van der Waals surface area (Å²) in [5.41, 5.74) is 5.69. The van der Waals surface area contributed by atoms with E-state index >= 15 is 0 Å². The van der Waals surface area contributed by atoms with Crippen molar-refractivity contribution in [2.45, 2.75) is 13.5 Å². The molecule has 7 rings (SSSR count). The number of hydrogen-bond donors (Lipinski definition) is 2. The van der Waals surface area contributed by atoms with Crippen LogP contribution >= 0.6 is 11.6 Å². The summed E-state index contributed by atoms with van der Waals surface area (Å²) in [5.74, 6) is 0.590. The fourth-order valence-electron chi connectivity index (χ4n) is 6.66. The van der Waals surface area contributed by atoms with Crippen molar-refractivity contribution in [2.75, 3.05) is 25.5 Å². The molecule has 2 aromatic carbocycles. The number of nitrogens with zero attached hydrogens (tertiary/aromatic N) is 5. The first-order chi connectivity index (χ1) is 21.7. The summed E-state index contributed by atoms with van der Waals surface area (Å²) in [6.07, 6.45) is 3.30. The van der Waals surface area contributed by atoms with Crippen molar-refractivity contribution in [3.05, 3.63) is 93.5 Å². The van der Waals surface area contributed by atoms with Crippen molar-refractivity contribution in [1.82, 2.24) is 24.6 Å². The first-order valence-corrected chi connectivity index (χ1v) is 15.1. The Morgan fingerprint density at radius 2 is 1.80 bits per heavy atom. The van der Waals surface area contributed by atoms with Crippen molar-refractivity contribution in [1.29, 1.82) is 0 Å². The van der Waals surface area contributed by atoms with Crippen LogP contribution in [0.2, 0.25) is 5.02 Å². The van der Waals surface area contributed by atoms with Crippen LogP contribution in [0.3, 0.4) is 0 Å². The molecule has 2 aliphatic rings. The molecule has 0 amide bonds. The molecule has 1 unspecified atom stereocenters. The van der Waals surface area contributed by atoms with E-state index in [0.29, 0.717) is 39.7 Å². The molecule has 0 bridgehead atoms. The maximum atomic E-state index is 12.9. The number of pyridine rings is 2. The van der Waals surface area contributed by atoms with Gasteiger partial charge in [0.1, 0.15) is 5.82 Å². The quantitative estimate of drug-likeness (QED) is 0.230. The average Bonchev–Trinajstić information content (AvgIpc) is 3.56. The number of benzene rings is 2. The largest absolute Gasteiger partial charge is 0.481 e. The number of carbonyl (C=O) groups is 1. The molecule has 10 nitrogen and oxygen atoms in total. The minimum absolute atomic E-state index is 0.195. The van der Waals surface area contributed by atoms with Crippen LogP contribution in [0, 0.1) is 24.7 Å². The first-order valence-electron chi connectivity index (χ1n) is 14.7. The van der Waals surface area contributed by atoms with Gasteiger partial charge in [0.05, 0.1) is 35.3 Å². The predicted molar refractivity (Wildman–Crippen MR) is 173 cm³/mol. The Kier molecular flexibility index (Phi) is 7.26. The third kappa shape index (κ3) is 5.09. The highest BCUT2D eigenvalue weighted by Crippen LogP contribution is 2.52. The van der Waals surface area contributed by atoms with Crippen LogP contribution < -0.4 is 15.6 Å². The maximum absolute atomic E-state index is 12.9. The van der Waals surface area contributed by atoms with E-state index in [4.69, 9.17) is 21.3 Å². The lowest BCUT2D eigenvalue weighted by Gasteiger charge is -2.20. The fourth-order valence-corrected chi connectivity index (χ4v) is 6.99. The molecule has 1 aliphatic carbocycles. The number of fused-ring (bicyclic) bond motifs is 2. The number of halogens is 1. The second kappa shape index (κ2) is 11.3. The summed E-state index contributed by atoms with van der Waals surface area (Å²) >= 11 is 7.09. The lowest BCUT2D eigenvalue weighted by molar-refractivity contribution is -0.139. The van der Waals surface area contributed by atoms with Gasteiger partial charge in [-0.2, -0.15) is 5.10 Å². The molecule has 2 fully saturated rings. The Labute approximate surface area is 264 Å². The van der Waals surface area contributed by atoms with Gasteiger partial charge in [0.15, 0.2) is 0 Å². The Hall–Kier alpha value is -4.80. The summed E-state index contributed by atoms with van der Waals surface area (Å²) < 4.78 is 6.99. The zero-order valence-corrected chi connectivity index (χ0v) is 25.7. The van der Waals surface area contributed by atoms with Gasteiger partial charge < -0.3 is 15.2 Å². The summed E-state index contributed by atoms with van der Waals surface area (Å²) in [4.78, 5) is 35.8. The van der Waals surface area contributed by atoms with E-state index in [0.717, 1.165) is 46.6 Å². The topological polar surface area (TPSA) is 122 Å². The van der Waals surface area contributed by atoms with E-state index < -0.39 is 5.97 Å². The highest BCUT2D eigenvalue weighted by atomic mass is 35.5. The van der Waals surface area contributed by atoms with Gasteiger partial charge in [0, 0.05) is 60.6 Å². The number of nitrogens with one attached hydrogen (secondary N) is 1. The number of aryl methyl sites for hydroxylation is 1. The van der Waals surface area contributed by atoms with Crippen LogP contribution in [0.1, 0.15) is 11.1 Å². The molecule has 4 heterocycles. The van der Waals surface area contributed by atoms with Crippen LogP contribution in [0.5, 0.6) is 5.88 Å². The van der Waals surface area contributed by atoms with Gasteiger partial charge in [-0.15, -0.1) is 0 Å². The molecule has 1 aliphatic heterocycles. The molecular formula is C34H31ClN6O4. The normalized spacial score (nSPS) is 19.0. The highest BCUT2D eigenvalue weighted by molar-refractivity contribution is 6.36. The Morgan fingerprint density at radius 3 is 2.56 bits per heavy atom. The lowest BCUT2D eigenvalue weighted by Crippen LogP contribution is -2.26. The number of carboxylic acid groups (broad SMARTS) is 1. The highest BCUT2D eigenvalue weighted by Gasteiger charge is 2.59. The number of methoxy groups -OCH3 is 1. The Balaban J connectivity index is 1.17. The standard InChI is InChI=1S/C34H31ClN6O4/c1-18-21(6-5-9-26(18)38-31-28-19(12-13-36-31)14-37-40(2)33(28)42)22-7-4-8-23(30(22)35)27-11-10-20(32(39-27)45-3)15-41-16-24-25(17-41)29(24)34(43)44/h4-14,24-25,29H,15-17H2,1-3H3,(H,36,38)(H,43,44)/t24-,25+,29?. The molecule has 5 aromatic rings. The van der Waals surface area contributed by atoms with Crippen LogP contribution in [0.25, 0.3) is 33.2 Å². The zero-order chi connectivity index (χ0) is 31.4. The minimum Gasteiger partial charge on any atom is -0.481 e. The van der Waals surface area contributed by atoms with Crippen molar-refractivity contribution in [3.8, 4) is 28.3 Å². The molecule has 3 aromatic heterocycles. The lowest BCUT2D eigenvalue weighted by atomic mass is 9.96. The number of piperidine rings is 1. The number of carboxylic acids is 1. The van der Waals surface area contributed by atoms with Crippen molar-refractivity contribution >= 4 is 39.8 Å². The predicted octanol–water partition coefficient (Wildman–Crippen LogP) is 5.53. The SMILES string of the molecule is COc1nc(-c2cccc(-c3cccc(Nc4nccc5cnn(C)c(=O)c45)c3C)c2Cl)ccc1CN1C[C@@H]2C(C(=O)O)[C@@H]2C1. The number of ether oxygens (including phenoxy) is 1. The zero-order valence-electron chi connectivity index (χ0n) is 25.0. The van der Waals surface area contributed by atoms with Gasteiger partial charge in [0.2, 0.25) is 5.88 Å². The molecular weight excluding hydrogens is 592 g/mol. The first kappa shape index (κ1) is 28.9. The van der Waals surface area contributed by atoms with Crippen LogP contribution in [0.4, 0.5) is 11.5 Å². The summed E-state index contributed by atoms with van der Waals surface area (Å²) in [7, 11) is 3.22. The number of likely N-dealkylation sites (tertiary alicyclic amines) is 1. The van der Waals surface area contributed by atoms with E-state index in [1.807, 2.05) is 55.5 Å². The van der Waals surface area contributed by atoms with Gasteiger partial charge in [-0.1, -0.05) is 48.0 Å². The number of rotatable bonds is 8. The van der Waals surface area contributed by atoms with Crippen LogP contribution in [-0.2, 0) is 18.4 Å². The number of hydrogen-bond acceptors (Lipinski definition) is 8. The molecule has 2 N–H and O–H groups in total. The molecule has 1 saturated heterocycles. The molecule has 0 radical (unpaired) electrons. The second-order valence-corrected chi connectivity index (χ2v) is 12.1. The molecule has 228 valence electrons. The van der Waals surface area contributed by atoms with Gasteiger partial charge in [-0.3, -0.25) is 14.5 Å². The van der Waals surface area contributed by atoms with Gasteiger partial charge in [-0.25, -0.2) is 14.6 Å². The fraction of sp³-hybridized carbons (Fsp3) is 0.265. The van der Waals surface area contributed by atoms with E-state index in [-0.39, 0.29) is 23.3 Å². The Bertz CT molecular complexity index is 2030. The summed E-state index contributed by atoms with van der Waals surface area (Å²) in [6, 6.07) is 17.5. The van der Waals surface area contributed by atoms with Gasteiger partial charge in [0.25, 0.3) is 5.56 Å². The average molecular weight is 623 g/mol. The summed E-state index contributed by atoms with van der Waals surface area (Å²) in [5, 5.41) is 18.6.